The Bertz CT molecular complexity index is 2810. The van der Waals surface area contributed by atoms with Crippen molar-refractivity contribution in [2.75, 3.05) is 0 Å². The summed E-state index contributed by atoms with van der Waals surface area (Å²) in [5, 5.41) is 3.39. The van der Waals surface area contributed by atoms with E-state index in [1.165, 1.54) is 5.39 Å². The van der Waals surface area contributed by atoms with Crippen molar-refractivity contribution in [2.45, 2.75) is 0 Å². The number of thiophene rings is 1. The normalized spacial score (nSPS) is 11.6. The van der Waals surface area contributed by atoms with Gasteiger partial charge in [-0.25, -0.2) is 24.9 Å². The fourth-order valence-corrected chi connectivity index (χ4v) is 7.95. The molecular formula is C43H26N6S. The molecular weight excluding hydrogens is 633 g/mol. The maximum absolute atomic E-state index is 5.39. The summed E-state index contributed by atoms with van der Waals surface area (Å²) in [6, 6.07) is 53.9. The number of aromatic nitrogens is 6. The van der Waals surface area contributed by atoms with Gasteiger partial charge in [-0.3, -0.25) is 0 Å². The van der Waals surface area contributed by atoms with Crippen LogP contribution in [0.5, 0.6) is 0 Å². The van der Waals surface area contributed by atoms with Gasteiger partial charge in [-0.05, 0) is 30.3 Å². The first kappa shape index (κ1) is 28.4. The summed E-state index contributed by atoms with van der Waals surface area (Å²) in [4.78, 5) is 25.9. The topological polar surface area (TPSA) is 69.4 Å². The lowest BCUT2D eigenvalue weighted by Gasteiger charge is -2.12. The molecule has 6 nitrogen and oxygen atoms in total. The Morgan fingerprint density at radius 2 is 1.00 bits per heavy atom. The van der Waals surface area contributed by atoms with E-state index in [9.17, 15) is 0 Å². The quantitative estimate of drug-likeness (QED) is 0.184. The highest BCUT2D eigenvalue weighted by molar-refractivity contribution is 7.26. The standard InChI is InChI=1S/C43H26N6S/c1-4-15-27(16-5-1)40-46-41(28-17-6-2-7-18-28)48-43(47-40)37-39-36(32-22-11-13-26-35(32)50-39)44-42(45-37)33-24-14-23-31-30-21-10-12-25-34(30)49(38(31)33)29-19-8-3-9-20-29/h1-26H. The van der Waals surface area contributed by atoms with Gasteiger partial charge in [0, 0.05) is 43.2 Å². The van der Waals surface area contributed by atoms with Crippen molar-refractivity contribution in [3.63, 3.8) is 0 Å². The first-order valence-corrected chi connectivity index (χ1v) is 17.3. The molecule has 0 aliphatic heterocycles. The molecule has 7 heteroatoms. The van der Waals surface area contributed by atoms with Gasteiger partial charge in [0.25, 0.3) is 0 Å². The molecule has 10 rings (SSSR count). The number of nitrogens with zero attached hydrogens (tertiary/aromatic N) is 6. The van der Waals surface area contributed by atoms with E-state index in [0.717, 1.165) is 59.1 Å². The average Bonchev–Trinajstić information content (AvgIpc) is 3.74. The van der Waals surface area contributed by atoms with Gasteiger partial charge < -0.3 is 4.57 Å². The monoisotopic (exact) mass is 658 g/mol. The molecule has 0 fully saturated rings. The molecule has 0 N–H and O–H groups in total. The number of fused-ring (bicyclic) bond motifs is 6. The smallest absolute Gasteiger partial charge is 0.184 e. The average molecular weight is 659 g/mol. The zero-order chi connectivity index (χ0) is 33.0. The van der Waals surface area contributed by atoms with Gasteiger partial charge in [-0.1, -0.05) is 127 Å². The minimum Gasteiger partial charge on any atom is -0.309 e. The van der Waals surface area contributed by atoms with Crippen molar-refractivity contribution < 1.29 is 0 Å². The molecule has 0 unspecified atom stereocenters. The molecule has 0 saturated carbocycles. The maximum atomic E-state index is 5.39. The van der Waals surface area contributed by atoms with E-state index in [1.807, 2.05) is 66.7 Å². The van der Waals surface area contributed by atoms with Crippen LogP contribution < -0.4 is 0 Å². The number of rotatable bonds is 5. The van der Waals surface area contributed by atoms with Gasteiger partial charge in [0.05, 0.1) is 21.3 Å². The summed E-state index contributed by atoms with van der Waals surface area (Å²) in [5.74, 6) is 2.31. The van der Waals surface area contributed by atoms with Crippen LogP contribution in [-0.2, 0) is 0 Å². The second kappa shape index (κ2) is 11.5. The van der Waals surface area contributed by atoms with Crippen LogP contribution in [0.15, 0.2) is 158 Å². The summed E-state index contributed by atoms with van der Waals surface area (Å²) in [6.07, 6.45) is 0. The first-order valence-electron chi connectivity index (χ1n) is 16.4. The second-order valence-electron chi connectivity index (χ2n) is 12.1. The van der Waals surface area contributed by atoms with E-state index >= 15 is 0 Å². The Kier molecular flexibility index (Phi) is 6.57. The molecule has 0 bridgehead atoms. The van der Waals surface area contributed by atoms with Gasteiger partial charge in [-0.2, -0.15) is 0 Å². The summed E-state index contributed by atoms with van der Waals surface area (Å²) < 4.78 is 4.39. The summed E-state index contributed by atoms with van der Waals surface area (Å²) in [6.45, 7) is 0. The van der Waals surface area contributed by atoms with Gasteiger partial charge >= 0.3 is 0 Å². The van der Waals surface area contributed by atoms with Crippen LogP contribution in [0.3, 0.4) is 0 Å². The fourth-order valence-electron chi connectivity index (χ4n) is 6.82. The van der Waals surface area contributed by atoms with Crippen LogP contribution in [0, 0.1) is 0 Å². The van der Waals surface area contributed by atoms with E-state index in [0.29, 0.717) is 29.0 Å². The van der Waals surface area contributed by atoms with Gasteiger partial charge in [0.1, 0.15) is 5.69 Å². The zero-order valence-electron chi connectivity index (χ0n) is 26.6. The summed E-state index contributed by atoms with van der Waals surface area (Å²) >= 11 is 1.67. The third-order valence-corrected chi connectivity index (χ3v) is 10.2. The van der Waals surface area contributed by atoms with Crippen LogP contribution in [0.2, 0.25) is 0 Å². The Morgan fingerprint density at radius 1 is 0.420 bits per heavy atom. The molecule has 0 aliphatic rings. The highest BCUT2D eigenvalue weighted by Crippen LogP contribution is 2.42. The van der Waals surface area contributed by atoms with E-state index in [1.54, 1.807) is 11.3 Å². The van der Waals surface area contributed by atoms with Crippen molar-refractivity contribution in [3.8, 4) is 51.4 Å². The molecule has 0 spiro atoms. The molecule has 50 heavy (non-hydrogen) atoms. The predicted molar refractivity (Wildman–Crippen MR) is 204 cm³/mol. The molecule has 0 saturated heterocycles. The van der Waals surface area contributed by atoms with Gasteiger partial charge in [0.2, 0.25) is 0 Å². The molecule has 4 aromatic heterocycles. The minimum atomic E-state index is 0.508. The number of benzene rings is 6. The van der Waals surface area contributed by atoms with E-state index in [-0.39, 0.29) is 0 Å². The molecule has 10 aromatic rings. The molecule has 6 aromatic carbocycles. The Morgan fingerprint density at radius 3 is 1.72 bits per heavy atom. The largest absolute Gasteiger partial charge is 0.309 e. The Balaban J connectivity index is 1.31. The fraction of sp³-hybridized carbons (Fsp3) is 0. The highest BCUT2D eigenvalue weighted by Gasteiger charge is 2.23. The second-order valence-corrected chi connectivity index (χ2v) is 13.2. The van der Waals surface area contributed by atoms with E-state index in [2.05, 4.69) is 95.6 Å². The first-order chi connectivity index (χ1) is 24.8. The van der Waals surface area contributed by atoms with Crippen molar-refractivity contribution in [1.29, 1.82) is 0 Å². The number of para-hydroxylation sites is 3. The Labute approximate surface area is 291 Å². The lowest BCUT2D eigenvalue weighted by atomic mass is 10.1. The molecule has 0 amide bonds. The van der Waals surface area contributed by atoms with Crippen molar-refractivity contribution in [2.24, 2.45) is 0 Å². The molecule has 0 radical (unpaired) electrons. The van der Waals surface area contributed by atoms with Crippen LogP contribution >= 0.6 is 11.3 Å². The highest BCUT2D eigenvalue weighted by atomic mass is 32.1. The Hall–Kier alpha value is -6.57. The number of hydrogen-bond acceptors (Lipinski definition) is 6. The van der Waals surface area contributed by atoms with Crippen molar-refractivity contribution >= 4 is 53.4 Å². The third kappa shape index (κ3) is 4.59. The zero-order valence-corrected chi connectivity index (χ0v) is 27.4. The molecule has 4 heterocycles. The van der Waals surface area contributed by atoms with Crippen LogP contribution in [0.1, 0.15) is 0 Å². The van der Waals surface area contributed by atoms with Crippen molar-refractivity contribution in [1.82, 2.24) is 29.5 Å². The van der Waals surface area contributed by atoms with Crippen LogP contribution in [0.25, 0.3) is 93.5 Å². The summed E-state index contributed by atoms with van der Waals surface area (Å²) in [5.41, 5.74) is 7.57. The van der Waals surface area contributed by atoms with E-state index < -0.39 is 0 Å². The van der Waals surface area contributed by atoms with Crippen molar-refractivity contribution in [3.05, 3.63) is 158 Å². The molecule has 0 atom stereocenters. The summed E-state index contributed by atoms with van der Waals surface area (Å²) in [7, 11) is 0. The molecule has 0 aliphatic carbocycles. The number of hydrogen-bond donors (Lipinski definition) is 0. The van der Waals surface area contributed by atoms with Gasteiger partial charge in [0.15, 0.2) is 23.3 Å². The lowest BCUT2D eigenvalue weighted by molar-refractivity contribution is 1.06. The maximum Gasteiger partial charge on any atom is 0.184 e. The SMILES string of the molecule is c1ccc(-c2nc(-c3ccccc3)nc(-c3nc(-c4cccc5c6ccccc6n(-c6ccccc6)c45)nc4c3sc3ccccc34)n2)cc1. The lowest BCUT2D eigenvalue weighted by Crippen LogP contribution is -2.03. The van der Waals surface area contributed by atoms with Gasteiger partial charge in [-0.15, -0.1) is 11.3 Å². The third-order valence-electron chi connectivity index (χ3n) is 9.08. The minimum absolute atomic E-state index is 0.508. The van der Waals surface area contributed by atoms with Crippen LogP contribution in [-0.4, -0.2) is 29.5 Å². The molecule has 234 valence electrons. The van der Waals surface area contributed by atoms with Crippen LogP contribution in [0.4, 0.5) is 0 Å². The predicted octanol–water partition coefficient (Wildman–Crippen LogP) is 10.8. The van der Waals surface area contributed by atoms with E-state index in [4.69, 9.17) is 24.9 Å².